The molecule has 78 valence electrons. The topological polar surface area (TPSA) is 83.8 Å². The smallest absolute Gasteiger partial charge is 0.274 e. The lowest BCUT2D eigenvalue weighted by Gasteiger charge is -1.99. The number of aromatic amines is 1. The van der Waals surface area contributed by atoms with Gasteiger partial charge in [0, 0.05) is 5.92 Å². The van der Waals surface area contributed by atoms with E-state index in [-0.39, 0.29) is 18.1 Å². The molecule has 0 spiro atoms. The molecular formula is C10H12N4O. The van der Waals surface area contributed by atoms with Crippen LogP contribution in [0.2, 0.25) is 0 Å². The van der Waals surface area contributed by atoms with Crippen LogP contribution >= 0.6 is 0 Å². The van der Waals surface area contributed by atoms with E-state index in [0.29, 0.717) is 11.6 Å². The minimum atomic E-state index is -0.325. The van der Waals surface area contributed by atoms with Crippen molar-refractivity contribution in [1.82, 2.24) is 15.5 Å². The van der Waals surface area contributed by atoms with E-state index >= 15 is 0 Å². The summed E-state index contributed by atoms with van der Waals surface area (Å²) in [7, 11) is 0. The first kappa shape index (κ1) is 9.59. The van der Waals surface area contributed by atoms with E-state index in [4.69, 9.17) is 12.2 Å². The fraction of sp³-hybridized carbons (Fsp3) is 0.400. The number of nitrogen functional groups attached to an aromatic ring is 1. The van der Waals surface area contributed by atoms with Crippen molar-refractivity contribution < 1.29 is 4.79 Å². The number of rotatable bonds is 3. The summed E-state index contributed by atoms with van der Waals surface area (Å²) in [6, 6.07) is 0. The summed E-state index contributed by atoms with van der Waals surface area (Å²) < 4.78 is 0. The molecule has 1 fully saturated rings. The molecule has 4 N–H and O–H groups in total. The highest BCUT2D eigenvalue weighted by Crippen LogP contribution is 2.42. The number of nitrogens with two attached hydrogens (primary N) is 1. The molecule has 0 radical (unpaired) electrons. The molecule has 5 nitrogen and oxygen atoms in total. The van der Waals surface area contributed by atoms with E-state index in [1.54, 1.807) is 0 Å². The second kappa shape index (κ2) is 3.65. The minimum Gasteiger partial charge on any atom is -0.395 e. The number of hydrogen-bond acceptors (Lipinski definition) is 3. The Morgan fingerprint density at radius 2 is 2.47 bits per heavy atom. The molecule has 1 aliphatic carbocycles. The summed E-state index contributed by atoms with van der Waals surface area (Å²) in [5, 5.41) is 9.23. The Labute approximate surface area is 87.4 Å². The number of amides is 1. The van der Waals surface area contributed by atoms with Crippen LogP contribution in [0.5, 0.6) is 0 Å². The van der Waals surface area contributed by atoms with Gasteiger partial charge in [-0.05, 0) is 12.8 Å². The Kier molecular flexibility index (Phi) is 2.34. The molecule has 1 aliphatic rings. The molecule has 0 unspecified atom stereocenters. The molecule has 0 aliphatic heterocycles. The predicted molar refractivity (Wildman–Crippen MR) is 56.1 cm³/mol. The lowest BCUT2D eigenvalue weighted by Crippen LogP contribution is -2.24. The lowest BCUT2D eigenvalue weighted by molar-refractivity contribution is 0.0954. The fourth-order valence-electron chi connectivity index (χ4n) is 1.44. The van der Waals surface area contributed by atoms with E-state index < -0.39 is 0 Å². The van der Waals surface area contributed by atoms with Crippen LogP contribution in [0, 0.1) is 12.3 Å². The highest BCUT2D eigenvalue weighted by molar-refractivity contribution is 5.97. The quantitative estimate of drug-likeness (QED) is 0.616. The number of aromatic nitrogens is 2. The first-order valence-corrected chi connectivity index (χ1v) is 4.79. The maximum absolute atomic E-state index is 11.5. The third-order valence-corrected chi connectivity index (χ3v) is 2.39. The Balaban J connectivity index is 2.14. The maximum Gasteiger partial charge on any atom is 0.274 e. The van der Waals surface area contributed by atoms with Gasteiger partial charge >= 0.3 is 0 Å². The highest BCUT2D eigenvalue weighted by atomic mass is 16.1. The van der Waals surface area contributed by atoms with Crippen molar-refractivity contribution in [2.75, 3.05) is 12.3 Å². The number of nitrogens with zero attached hydrogens (tertiary/aromatic N) is 1. The van der Waals surface area contributed by atoms with Crippen LogP contribution in [-0.2, 0) is 0 Å². The van der Waals surface area contributed by atoms with Gasteiger partial charge in [-0.2, -0.15) is 5.10 Å². The zero-order chi connectivity index (χ0) is 10.8. The highest BCUT2D eigenvalue weighted by Gasteiger charge is 2.30. The van der Waals surface area contributed by atoms with Gasteiger partial charge in [-0.25, -0.2) is 0 Å². The summed E-state index contributed by atoms with van der Waals surface area (Å²) in [4.78, 5) is 11.5. The van der Waals surface area contributed by atoms with Gasteiger partial charge in [-0.1, -0.05) is 5.92 Å². The second-order valence-corrected chi connectivity index (χ2v) is 3.56. The summed E-state index contributed by atoms with van der Waals surface area (Å²) in [5.74, 6) is 2.44. The molecule has 0 saturated heterocycles. The van der Waals surface area contributed by atoms with Gasteiger partial charge in [0.1, 0.15) is 0 Å². The predicted octanol–water partition coefficient (Wildman–Crippen LogP) is 0.232. The molecule has 0 bridgehead atoms. The summed E-state index contributed by atoms with van der Waals surface area (Å²) >= 11 is 0. The van der Waals surface area contributed by atoms with Gasteiger partial charge in [0.2, 0.25) is 0 Å². The number of terminal acetylenes is 1. The second-order valence-electron chi connectivity index (χ2n) is 3.56. The zero-order valence-electron chi connectivity index (χ0n) is 8.21. The Morgan fingerprint density at radius 3 is 3.07 bits per heavy atom. The van der Waals surface area contributed by atoms with E-state index in [1.807, 2.05) is 0 Å². The third-order valence-electron chi connectivity index (χ3n) is 2.39. The monoisotopic (exact) mass is 204 g/mol. The molecule has 1 amide bonds. The molecule has 0 atom stereocenters. The van der Waals surface area contributed by atoms with Gasteiger partial charge in [0.05, 0.1) is 17.9 Å². The van der Waals surface area contributed by atoms with Crippen molar-refractivity contribution in [1.29, 1.82) is 0 Å². The number of H-pyrrole nitrogens is 1. The van der Waals surface area contributed by atoms with Crippen molar-refractivity contribution in [2.24, 2.45) is 0 Å². The number of carbonyl (C=O) groups excluding carboxylic acids is 1. The summed E-state index contributed by atoms with van der Waals surface area (Å²) in [5.41, 5.74) is 7.38. The van der Waals surface area contributed by atoms with Crippen LogP contribution < -0.4 is 11.1 Å². The van der Waals surface area contributed by atoms with Crippen LogP contribution in [0.3, 0.4) is 0 Å². The van der Waals surface area contributed by atoms with Gasteiger partial charge in [0.25, 0.3) is 5.91 Å². The van der Waals surface area contributed by atoms with Crippen molar-refractivity contribution in [3.05, 3.63) is 11.4 Å². The Hall–Kier alpha value is -1.96. The molecule has 5 heteroatoms. The van der Waals surface area contributed by atoms with Crippen molar-refractivity contribution in [3.8, 4) is 12.3 Å². The SMILES string of the molecule is C#CCNC(=O)c1n[nH]c(C2CC2)c1N. The number of anilines is 1. The molecule has 1 aromatic heterocycles. The van der Waals surface area contributed by atoms with Crippen molar-refractivity contribution in [2.45, 2.75) is 18.8 Å². The van der Waals surface area contributed by atoms with Crippen molar-refractivity contribution in [3.63, 3.8) is 0 Å². The number of carbonyl (C=O) groups is 1. The van der Waals surface area contributed by atoms with Crippen LogP contribution in [0.1, 0.15) is 34.9 Å². The van der Waals surface area contributed by atoms with Crippen molar-refractivity contribution >= 4 is 11.6 Å². The molecule has 1 heterocycles. The first-order valence-electron chi connectivity index (χ1n) is 4.79. The zero-order valence-corrected chi connectivity index (χ0v) is 8.21. The van der Waals surface area contributed by atoms with E-state index in [9.17, 15) is 4.79 Å². The van der Waals surface area contributed by atoms with Crippen LogP contribution in [-0.4, -0.2) is 22.6 Å². The first-order chi connectivity index (χ1) is 7.24. The Bertz CT molecular complexity index is 425. The molecule has 1 aromatic rings. The fourth-order valence-corrected chi connectivity index (χ4v) is 1.44. The number of hydrogen-bond donors (Lipinski definition) is 3. The third kappa shape index (κ3) is 1.79. The molecule has 2 rings (SSSR count). The Morgan fingerprint density at radius 1 is 1.73 bits per heavy atom. The van der Waals surface area contributed by atoms with E-state index in [1.165, 1.54) is 0 Å². The minimum absolute atomic E-state index is 0.184. The average molecular weight is 204 g/mol. The van der Waals surface area contributed by atoms with Gasteiger partial charge < -0.3 is 11.1 Å². The lowest BCUT2D eigenvalue weighted by atomic mass is 10.2. The average Bonchev–Trinajstić information content (AvgIpc) is 2.99. The molecule has 0 aromatic carbocycles. The summed E-state index contributed by atoms with van der Waals surface area (Å²) in [6.07, 6.45) is 7.25. The van der Waals surface area contributed by atoms with E-state index in [0.717, 1.165) is 18.5 Å². The van der Waals surface area contributed by atoms with Gasteiger partial charge in [-0.3, -0.25) is 9.89 Å². The summed E-state index contributed by atoms with van der Waals surface area (Å²) in [6.45, 7) is 0.184. The normalized spacial score (nSPS) is 14.6. The van der Waals surface area contributed by atoms with Gasteiger partial charge in [-0.15, -0.1) is 6.42 Å². The molecule has 1 saturated carbocycles. The van der Waals surface area contributed by atoms with Crippen LogP contribution in [0.25, 0.3) is 0 Å². The maximum atomic E-state index is 11.5. The van der Waals surface area contributed by atoms with Crippen LogP contribution in [0.4, 0.5) is 5.69 Å². The van der Waals surface area contributed by atoms with E-state index in [2.05, 4.69) is 21.4 Å². The largest absolute Gasteiger partial charge is 0.395 e. The van der Waals surface area contributed by atoms with Gasteiger partial charge in [0.15, 0.2) is 5.69 Å². The molecule has 15 heavy (non-hydrogen) atoms. The molecular weight excluding hydrogens is 192 g/mol. The van der Waals surface area contributed by atoms with Crippen LogP contribution in [0.15, 0.2) is 0 Å². The number of nitrogens with one attached hydrogen (secondary N) is 2. The standard InChI is InChI=1S/C10H12N4O/c1-2-5-12-10(15)9-7(11)8(13-14-9)6-3-4-6/h1,6H,3-5,11H2,(H,12,15)(H,13,14).